The van der Waals surface area contributed by atoms with E-state index in [-0.39, 0.29) is 21.1 Å². The van der Waals surface area contributed by atoms with Crippen molar-refractivity contribution < 1.29 is 35.3 Å². The van der Waals surface area contributed by atoms with Crippen LogP contribution in [0.5, 0.6) is 0 Å². The Morgan fingerprint density at radius 2 is 1.00 bits per heavy atom. The van der Waals surface area contributed by atoms with E-state index in [0.29, 0.717) is 0 Å². The van der Waals surface area contributed by atoms with Crippen molar-refractivity contribution in [2.75, 3.05) is 0 Å². The maximum Gasteiger partial charge on any atom is 0 e. The normalized spacial score (nSPS) is 6.00. The van der Waals surface area contributed by atoms with Crippen LogP contribution in [0.3, 0.4) is 0 Å². The Kier molecular flexibility index (Phi) is 1.44. The van der Waals surface area contributed by atoms with Gasteiger partial charge in [-0.25, -0.2) is 0 Å². The van der Waals surface area contributed by atoms with Gasteiger partial charge in [-0.2, -0.15) is 0 Å². The molecule has 1 aromatic heterocycles. The van der Waals surface area contributed by atoms with Gasteiger partial charge in [-0.15, -0.1) is 0 Å². The summed E-state index contributed by atoms with van der Waals surface area (Å²) >= 11 is 0. The number of rotatable bonds is 0. The van der Waals surface area contributed by atoms with E-state index in [1.807, 2.05) is 0 Å². The maximum absolute atomic E-state index is 3.50. The van der Waals surface area contributed by atoms with Crippen LogP contribution in [-0.2, 0) is 21.1 Å². The van der Waals surface area contributed by atoms with Gasteiger partial charge in [0.05, 0.1) is 0 Å². The predicted molar refractivity (Wildman–Crippen MR) is 3.24 cm³/mol. The number of hydrogen-bond donors (Lipinski definition) is 0. The third kappa shape index (κ3) is 2.09. The first-order valence-electron chi connectivity index (χ1n) is 0.500. The molecule has 0 aliphatic heterocycles. The summed E-state index contributed by atoms with van der Waals surface area (Å²) in [7, 11) is 0. The molecule has 3 nitrogen and oxygen atoms in total. The minimum Gasteiger partial charge on any atom is 0 e. The monoisotopic (exact) mass is 146 g/mol. The molecular formula is MoO3. The van der Waals surface area contributed by atoms with E-state index < -0.39 is 0 Å². The third-order valence-corrected chi connectivity index (χ3v) is 0.0680. The molecule has 0 atom stereocenters. The van der Waals surface area contributed by atoms with Gasteiger partial charge in [0, 0.05) is 35.3 Å². The summed E-state index contributed by atoms with van der Waals surface area (Å²) in [6.45, 7) is 0. The van der Waals surface area contributed by atoms with Crippen LogP contribution in [0, 0.1) is 0 Å². The van der Waals surface area contributed by atoms with Crippen LogP contribution in [0.25, 0.3) is 0 Å². The molecule has 0 N–H and O–H groups in total. The Labute approximate surface area is 36.0 Å². The van der Waals surface area contributed by atoms with E-state index in [0.717, 1.165) is 0 Å². The van der Waals surface area contributed by atoms with E-state index in [9.17, 15) is 0 Å². The average molecular weight is 144 g/mol. The molecule has 24 valence electrons. The molecule has 0 fully saturated rings. The van der Waals surface area contributed by atoms with E-state index in [1.54, 1.807) is 0 Å². The first kappa shape index (κ1) is 4.09. The molecule has 0 bridgehead atoms. The molecule has 1 heterocycles. The van der Waals surface area contributed by atoms with Crippen molar-refractivity contribution in [1.82, 2.24) is 0 Å². The SMILES string of the molecule is [Mo].o1oo1. The molecule has 4 heavy (non-hydrogen) atoms. The molecule has 0 saturated heterocycles. The Morgan fingerprint density at radius 3 is 1.00 bits per heavy atom. The zero-order valence-corrected chi connectivity index (χ0v) is 3.64. The van der Waals surface area contributed by atoms with E-state index in [1.165, 1.54) is 0 Å². The van der Waals surface area contributed by atoms with Crippen molar-refractivity contribution >= 4 is 0 Å². The van der Waals surface area contributed by atoms with Crippen LogP contribution in [0.1, 0.15) is 0 Å². The smallest absolute Gasteiger partial charge is 0 e. The Morgan fingerprint density at radius 1 is 0.750 bits per heavy atom. The summed E-state index contributed by atoms with van der Waals surface area (Å²) in [5, 5.41) is 0. The van der Waals surface area contributed by atoms with Gasteiger partial charge in [0.1, 0.15) is 0 Å². The molecule has 1 aromatic rings. The second kappa shape index (κ2) is 1.41. The Bertz CT molecular complexity index is 31.4. The second-order valence-electron chi connectivity index (χ2n) is 0.204. The third-order valence-electron chi connectivity index (χ3n) is 0.0680. The minimum atomic E-state index is 0. The van der Waals surface area contributed by atoms with Gasteiger partial charge in [0.15, 0.2) is 0 Å². The molecule has 1 rings (SSSR count). The molecule has 0 spiro atoms. The van der Waals surface area contributed by atoms with Gasteiger partial charge in [0.2, 0.25) is 0 Å². The molecular weight excluding hydrogens is 144 g/mol. The van der Waals surface area contributed by atoms with Crippen LogP contribution < -0.4 is 0 Å². The standard InChI is InChI=1S/Mo.O3/c;1-2-3-1. The van der Waals surface area contributed by atoms with Crippen molar-refractivity contribution in [2.45, 2.75) is 0 Å². The molecule has 4 heteroatoms. The Hall–Kier alpha value is 0.0883. The average Bonchev–Trinajstić information content (AvgIpc) is 1.46. The summed E-state index contributed by atoms with van der Waals surface area (Å²) in [5.74, 6) is 0. The van der Waals surface area contributed by atoms with Crippen LogP contribution in [-0.4, -0.2) is 0 Å². The van der Waals surface area contributed by atoms with E-state index >= 15 is 0 Å². The van der Waals surface area contributed by atoms with Crippen LogP contribution in [0.2, 0.25) is 0 Å². The molecule has 0 aliphatic rings. The van der Waals surface area contributed by atoms with E-state index in [4.69, 9.17) is 0 Å². The first-order valence-corrected chi connectivity index (χ1v) is 0.500. The number of hydrogen-bond acceptors (Lipinski definition) is 3. The van der Waals surface area contributed by atoms with Gasteiger partial charge in [-0.1, -0.05) is 0 Å². The fourth-order valence-electron chi connectivity index (χ4n) is 0. The van der Waals surface area contributed by atoms with Gasteiger partial charge < -0.3 is 0 Å². The fraction of sp³-hybridized carbons (Fsp3) is 0. The van der Waals surface area contributed by atoms with Crippen molar-refractivity contribution in [3.05, 3.63) is 0 Å². The van der Waals surface area contributed by atoms with Crippen molar-refractivity contribution in [1.29, 1.82) is 0 Å². The summed E-state index contributed by atoms with van der Waals surface area (Å²) in [6, 6.07) is 0. The van der Waals surface area contributed by atoms with Crippen LogP contribution in [0.15, 0.2) is 14.2 Å². The maximum atomic E-state index is 3.50. The molecule has 0 radical (unpaired) electrons. The molecule has 0 aliphatic carbocycles. The predicted octanol–water partition coefficient (Wildman–Crippen LogP) is 0.463. The first-order chi connectivity index (χ1) is 1.50. The van der Waals surface area contributed by atoms with Crippen molar-refractivity contribution in [3.63, 3.8) is 0 Å². The minimum absolute atomic E-state index is 0. The summed E-state index contributed by atoms with van der Waals surface area (Å²) < 4.78 is 10.5. The molecule has 0 saturated carbocycles. The zero-order chi connectivity index (χ0) is 2.12. The molecule has 0 aromatic carbocycles. The topological polar surface area (TPSA) is 39.4 Å². The van der Waals surface area contributed by atoms with Gasteiger partial charge in [0.25, 0.3) is 0 Å². The van der Waals surface area contributed by atoms with Crippen LogP contribution in [0.4, 0.5) is 0 Å². The largest absolute Gasteiger partial charge is 0 e. The second-order valence-corrected chi connectivity index (χ2v) is 0.204. The zero-order valence-electron chi connectivity index (χ0n) is 1.63. The quantitative estimate of drug-likeness (QED) is 0.392. The molecule has 0 amide bonds. The fourth-order valence-corrected chi connectivity index (χ4v) is 0. The summed E-state index contributed by atoms with van der Waals surface area (Å²) in [4.78, 5) is 0. The molecule has 0 unspecified atom stereocenters. The Balaban J connectivity index is 0.0000000900. The van der Waals surface area contributed by atoms with Gasteiger partial charge >= 0.3 is 0 Å². The summed E-state index contributed by atoms with van der Waals surface area (Å²) in [5.41, 5.74) is 0. The summed E-state index contributed by atoms with van der Waals surface area (Å²) in [6.07, 6.45) is 0. The van der Waals surface area contributed by atoms with Crippen molar-refractivity contribution in [3.8, 4) is 0 Å². The van der Waals surface area contributed by atoms with E-state index in [2.05, 4.69) is 14.2 Å². The van der Waals surface area contributed by atoms with Crippen molar-refractivity contribution in [2.24, 2.45) is 0 Å². The van der Waals surface area contributed by atoms with Crippen LogP contribution >= 0.6 is 0 Å². The van der Waals surface area contributed by atoms with Gasteiger partial charge in [-0.3, -0.25) is 0 Å². The van der Waals surface area contributed by atoms with Gasteiger partial charge in [-0.05, 0) is 0 Å².